The zero-order valence-corrected chi connectivity index (χ0v) is 12.8. The molecule has 2 aliphatic rings. The van der Waals surface area contributed by atoms with Crippen LogP contribution < -0.4 is 0 Å². The van der Waals surface area contributed by atoms with Crippen LogP contribution in [-0.2, 0) is 22.6 Å². The van der Waals surface area contributed by atoms with E-state index in [0.29, 0.717) is 19.7 Å². The zero-order valence-electron chi connectivity index (χ0n) is 12.8. The lowest BCUT2D eigenvalue weighted by Gasteiger charge is -2.26. The molecule has 0 saturated heterocycles. The summed E-state index contributed by atoms with van der Waals surface area (Å²) in [5, 5.41) is 0. The van der Waals surface area contributed by atoms with Crippen LogP contribution in [0.2, 0.25) is 0 Å². The topological polar surface area (TPSA) is 34.5 Å². The monoisotopic (exact) mass is 288 g/mol. The van der Waals surface area contributed by atoms with Gasteiger partial charge < -0.3 is 14.2 Å². The maximum Gasteiger partial charge on any atom is 0.249 e. The SMILES string of the molecule is CCO[C@H]1CN(C(=O)C2=CCCCC2)Cc2cccn2C1. The second-order valence-corrected chi connectivity index (χ2v) is 5.89. The van der Waals surface area contributed by atoms with Crippen LogP contribution >= 0.6 is 0 Å². The number of carbonyl (C=O) groups excluding carboxylic acids is 1. The highest BCUT2D eigenvalue weighted by Gasteiger charge is 2.27. The minimum atomic E-state index is 0.0804. The standard InChI is InChI=1S/C17H24N2O2/c1-2-21-16-12-18-10-6-9-15(18)11-19(13-16)17(20)14-7-4-3-5-8-14/h6-7,9-10,16H,2-5,8,11-13H2,1H3/t16-/m1/s1. The first-order valence-electron chi connectivity index (χ1n) is 8.02. The molecule has 1 amide bonds. The second-order valence-electron chi connectivity index (χ2n) is 5.89. The van der Waals surface area contributed by atoms with Gasteiger partial charge in [0.1, 0.15) is 0 Å². The number of hydrogen-bond acceptors (Lipinski definition) is 2. The molecule has 21 heavy (non-hydrogen) atoms. The van der Waals surface area contributed by atoms with Gasteiger partial charge in [0.2, 0.25) is 5.91 Å². The minimum Gasteiger partial charge on any atom is -0.375 e. The van der Waals surface area contributed by atoms with E-state index in [0.717, 1.165) is 31.4 Å². The van der Waals surface area contributed by atoms with Crippen LogP contribution in [0.3, 0.4) is 0 Å². The van der Waals surface area contributed by atoms with Crippen molar-refractivity contribution in [1.82, 2.24) is 9.47 Å². The molecule has 4 heteroatoms. The Morgan fingerprint density at radius 2 is 2.29 bits per heavy atom. The van der Waals surface area contributed by atoms with Gasteiger partial charge in [-0.1, -0.05) is 6.08 Å². The summed E-state index contributed by atoms with van der Waals surface area (Å²) in [5.41, 5.74) is 2.19. The maximum absolute atomic E-state index is 12.8. The molecule has 0 N–H and O–H groups in total. The summed E-state index contributed by atoms with van der Waals surface area (Å²) >= 11 is 0. The molecular weight excluding hydrogens is 264 g/mol. The Kier molecular flexibility index (Phi) is 4.44. The highest BCUT2D eigenvalue weighted by atomic mass is 16.5. The van der Waals surface area contributed by atoms with Crippen molar-refractivity contribution >= 4 is 5.91 Å². The molecule has 0 fully saturated rings. The van der Waals surface area contributed by atoms with Gasteiger partial charge in [-0.3, -0.25) is 4.79 Å². The van der Waals surface area contributed by atoms with E-state index in [9.17, 15) is 4.79 Å². The fourth-order valence-electron chi connectivity index (χ4n) is 3.29. The van der Waals surface area contributed by atoms with Gasteiger partial charge in [0, 0.05) is 30.6 Å². The second kappa shape index (κ2) is 6.48. The van der Waals surface area contributed by atoms with Crippen molar-refractivity contribution in [1.29, 1.82) is 0 Å². The Morgan fingerprint density at radius 3 is 3.05 bits per heavy atom. The number of ether oxygens (including phenoxy) is 1. The van der Waals surface area contributed by atoms with Gasteiger partial charge in [-0.15, -0.1) is 0 Å². The maximum atomic E-state index is 12.8. The van der Waals surface area contributed by atoms with Gasteiger partial charge in [0.25, 0.3) is 0 Å². The van der Waals surface area contributed by atoms with E-state index in [1.54, 1.807) is 0 Å². The van der Waals surface area contributed by atoms with Crippen molar-refractivity contribution in [3.8, 4) is 0 Å². The molecule has 114 valence electrons. The summed E-state index contributed by atoms with van der Waals surface area (Å²) < 4.78 is 8.03. The molecule has 0 saturated carbocycles. The first kappa shape index (κ1) is 14.4. The Hall–Kier alpha value is -1.55. The van der Waals surface area contributed by atoms with Crippen LogP contribution in [0, 0.1) is 0 Å². The van der Waals surface area contributed by atoms with Gasteiger partial charge in [-0.05, 0) is 44.7 Å². The van der Waals surface area contributed by atoms with Crippen LogP contribution in [0.25, 0.3) is 0 Å². The molecule has 0 unspecified atom stereocenters. The molecule has 4 nitrogen and oxygen atoms in total. The number of rotatable bonds is 3. The largest absolute Gasteiger partial charge is 0.375 e. The smallest absolute Gasteiger partial charge is 0.249 e. The number of nitrogens with zero attached hydrogens (tertiary/aromatic N) is 2. The lowest BCUT2D eigenvalue weighted by Crippen LogP contribution is -2.38. The summed E-state index contributed by atoms with van der Waals surface area (Å²) in [6.07, 6.45) is 8.60. The number of carbonyl (C=O) groups is 1. The van der Waals surface area contributed by atoms with Crippen molar-refractivity contribution < 1.29 is 9.53 Å². The van der Waals surface area contributed by atoms with Crippen LogP contribution in [0.1, 0.15) is 38.3 Å². The molecule has 0 aromatic carbocycles. The van der Waals surface area contributed by atoms with Gasteiger partial charge in [-0.2, -0.15) is 0 Å². The van der Waals surface area contributed by atoms with E-state index in [1.807, 2.05) is 17.9 Å². The van der Waals surface area contributed by atoms with E-state index in [2.05, 4.69) is 22.9 Å². The van der Waals surface area contributed by atoms with Crippen LogP contribution in [-0.4, -0.2) is 34.6 Å². The van der Waals surface area contributed by atoms with Crippen molar-refractivity contribution in [2.75, 3.05) is 13.2 Å². The fourth-order valence-corrected chi connectivity index (χ4v) is 3.29. The third-order valence-electron chi connectivity index (χ3n) is 4.36. The molecule has 0 bridgehead atoms. The molecule has 1 aromatic heterocycles. The van der Waals surface area contributed by atoms with Gasteiger partial charge in [0.15, 0.2) is 0 Å². The van der Waals surface area contributed by atoms with Crippen molar-refractivity contribution in [2.24, 2.45) is 0 Å². The third-order valence-corrected chi connectivity index (χ3v) is 4.36. The molecule has 1 atom stereocenters. The summed E-state index contributed by atoms with van der Waals surface area (Å²) in [6.45, 7) is 4.90. The predicted molar refractivity (Wildman–Crippen MR) is 81.8 cm³/mol. The van der Waals surface area contributed by atoms with Gasteiger partial charge in [0.05, 0.1) is 19.2 Å². The number of amides is 1. The Morgan fingerprint density at radius 1 is 1.38 bits per heavy atom. The summed E-state index contributed by atoms with van der Waals surface area (Å²) in [4.78, 5) is 14.7. The minimum absolute atomic E-state index is 0.0804. The van der Waals surface area contributed by atoms with E-state index < -0.39 is 0 Å². The Labute approximate surface area is 126 Å². The number of aromatic nitrogens is 1. The normalized spacial score (nSPS) is 22.4. The third kappa shape index (κ3) is 3.21. The van der Waals surface area contributed by atoms with Crippen molar-refractivity contribution in [3.05, 3.63) is 35.7 Å². The zero-order chi connectivity index (χ0) is 14.7. The quantitative estimate of drug-likeness (QED) is 0.857. The van der Waals surface area contributed by atoms with E-state index >= 15 is 0 Å². The summed E-state index contributed by atoms with van der Waals surface area (Å²) in [6, 6.07) is 4.15. The molecule has 3 rings (SSSR count). The van der Waals surface area contributed by atoms with E-state index in [4.69, 9.17) is 4.74 Å². The Bertz CT molecular complexity index is 533. The van der Waals surface area contributed by atoms with Crippen molar-refractivity contribution in [2.45, 2.75) is 51.8 Å². The Balaban J connectivity index is 1.80. The average molecular weight is 288 g/mol. The van der Waals surface area contributed by atoms with E-state index in [-0.39, 0.29) is 12.0 Å². The highest BCUT2D eigenvalue weighted by Crippen LogP contribution is 2.22. The molecule has 2 heterocycles. The van der Waals surface area contributed by atoms with Crippen LogP contribution in [0.15, 0.2) is 30.0 Å². The predicted octanol–water partition coefficient (Wildman–Crippen LogP) is 2.74. The first-order valence-corrected chi connectivity index (χ1v) is 8.02. The van der Waals surface area contributed by atoms with Crippen molar-refractivity contribution in [3.63, 3.8) is 0 Å². The van der Waals surface area contributed by atoms with E-state index in [1.165, 1.54) is 12.1 Å². The molecule has 0 spiro atoms. The fraction of sp³-hybridized carbons (Fsp3) is 0.588. The molecular formula is C17H24N2O2. The van der Waals surface area contributed by atoms with Gasteiger partial charge in [-0.25, -0.2) is 0 Å². The summed E-state index contributed by atoms with van der Waals surface area (Å²) in [5.74, 6) is 0.203. The molecule has 1 aliphatic heterocycles. The number of allylic oxidation sites excluding steroid dienone is 1. The molecule has 0 radical (unpaired) electrons. The summed E-state index contributed by atoms with van der Waals surface area (Å²) in [7, 11) is 0. The average Bonchev–Trinajstić information content (AvgIpc) is 2.86. The van der Waals surface area contributed by atoms with Crippen LogP contribution in [0.5, 0.6) is 0 Å². The molecule has 1 aromatic rings. The lowest BCUT2D eigenvalue weighted by atomic mass is 9.98. The lowest BCUT2D eigenvalue weighted by molar-refractivity contribution is -0.129. The number of fused-ring (bicyclic) bond motifs is 1. The molecule has 1 aliphatic carbocycles. The number of hydrogen-bond donors (Lipinski definition) is 0. The van der Waals surface area contributed by atoms with Gasteiger partial charge >= 0.3 is 0 Å². The first-order chi connectivity index (χ1) is 10.3. The van der Waals surface area contributed by atoms with Crippen LogP contribution in [0.4, 0.5) is 0 Å². The highest BCUT2D eigenvalue weighted by molar-refractivity contribution is 5.93.